The van der Waals surface area contributed by atoms with Crippen LogP contribution in [0, 0.1) is 0 Å². The molecule has 1 amide bonds. The summed E-state index contributed by atoms with van der Waals surface area (Å²) in [6.45, 7) is 3.85. The number of aromatic nitrogens is 3. The van der Waals surface area contributed by atoms with Gasteiger partial charge in [0.2, 0.25) is 0 Å². The van der Waals surface area contributed by atoms with Crippen molar-refractivity contribution in [2.24, 2.45) is 0 Å². The van der Waals surface area contributed by atoms with Crippen molar-refractivity contribution in [3.8, 4) is 11.7 Å². The fourth-order valence-electron chi connectivity index (χ4n) is 2.16. The second kappa shape index (κ2) is 6.99. The third-order valence-corrected chi connectivity index (χ3v) is 3.70. The Morgan fingerprint density at radius 2 is 2.00 bits per heavy atom. The van der Waals surface area contributed by atoms with Gasteiger partial charge in [0.1, 0.15) is 18.4 Å². The highest BCUT2D eigenvalue weighted by Gasteiger charge is 2.20. The number of benzene rings is 1. The Morgan fingerprint density at radius 1 is 1.21 bits per heavy atom. The van der Waals surface area contributed by atoms with Gasteiger partial charge in [0.05, 0.1) is 6.04 Å². The number of hydrogen-bond donors (Lipinski definition) is 1. The molecule has 1 N–H and O–H groups in total. The normalized spacial score (nSPS) is 13.2. The molecule has 0 bridgehead atoms. The van der Waals surface area contributed by atoms with E-state index >= 15 is 0 Å². The number of amides is 1. The summed E-state index contributed by atoms with van der Waals surface area (Å²) in [5, 5.41) is 6.96. The summed E-state index contributed by atoms with van der Waals surface area (Å²) in [6, 6.07) is 12.3. The van der Waals surface area contributed by atoms with E-state index in [1.807, 2.05) is 44.2 Å². The zero-order chi connectivity index (χ0) is 16.9. The number of nitrogens with one attached hydrogen (secondary N) is 1. The number of carbonyl (C=O) groups is 1. The van der Waals surface area contributed by atoms with Crippen molar-refractivity contribution < 1.29 is 13.9 Å². The Kier molecular flexibility index (Phi) is 4.60. The number of furan rings is 1. The van der Waals surface area contributed by atoms with Gasteiger partial charge in [0.25, 0.3) is 11.9 Å². The lowest BCUT2D eigenvalue weighted by Gasteiger charge is -2.20. The summed E-state index contributed by atoms with van der Waals surface area (Å²) in [5.41, 5.74) is 0. The topological polar surface area (TPSA) is 82.2 Å². The summed E-state index contributed by atoms with van der Waals surface area (Å²) in [6.07, 6.45) is 3.08. The van der Waals surface area contributed by atoms with Crippen LogP contribution in [-0.2, 0) is 0 Å². The minimum absolute atomic E-state index is 0.0357. The maximum absolute atomic E-state index is 12.3. The van der Waals surface area contributed by atoms with Crippen LogP contribution in [0.2, 0.25) is 0 Å². The molecular formula is C17H18N4O3. The highest BCUT2D eigenvalue weighted by molar-refractivity contribution is 5.91. The van der Waals surface area contributed by atoms with Crippen LogP contribution in [0.3, 0.4) is 0 Å². The van der Waals surface area contributed by atoms with Crippen molar-refractivity contribution in [1.82, 2.24) is 20.1 Å². The number of para-hydroxylation sites is 1. The molecule has 2 heterocycles. The van der Waals surface area contributed by atoms with Crippen molar-refractivity contribution in [1.29, 1.82) is 0 Å². The molecular weight excluding hydrogens is 308 g/mol. The summed E-state index contributed by atoms with van der Waals surface area (Å²) < 4.78 is 12.7. The van der Waals surface area contributed by atoms with Gasteiger partial charge in [-0.05, 0) is 32.0 Å². The van der Waals surface area contributed by atoms with Gasteiger partial charge in [-0.25, -0.2) is 9.67 Å². The Hall–Kier alpha value is -3.09. The molecule has 0 aliphatic heterocycles. The number of ether oxygens (including phenoxy) is 1. The van der Waals surface area contributed by atoms with Crippen LogP contribution in [0.15, 0.2) is 59.5 Å². The van der Waals surface area contributed by atoms with E-state index in [0.717, 1.165) is 0 Å². The first kappa shape index (κ1) is 15.8. The van der Waals surface area contributed by atoms with E-state index in [1.165, 1.54) is 6.33 Å². The van der Waals surface area contributed by atoms with E-state index < -0.39 is 0 Å². The molecule has 0 aliphatic rings. The lowest BCUT2D eigenvalue weighted by atomic mass is 10.1. The Bertz CT molecular complexity index is 783. The monoisotopic (exact) mass is 326 g/mol. The Morgan fingerprint density at radius 3 is 2.71 bits per heavy atom. The summed E-state index contributed by atoms with van der Waals surface area (Å²) in [5.74, 6) is 0.797. The number of hydrogen-bond acceptors (Lipinski definition) is 5. The molecule has 3 rings (SSSR count). The molecule has 0 fully saturated rings. The van der Waals surface area contributed by atoms with Gasteiger partial charge in [-0.3, -0.25) is 4.79 Å². The third kappa shape index (κ3) is 3.62. The maximum atomic E-state index is 12.3. The van der Waals surface area contributed by atoms with E-state index in [-0.39, 0.29) is 29.7 Å². The highest BCUT2D eigenvalue weighted by atomic mass is 16.6. The molecule has 0 radical (unpaired) electrons. The van der Waals surface area contributed by atoms with Crippen LogP contribution in [0.1, 0.15) is 30.4 Å². The lowest BCUT2D eigenvalue weighted by Crippen LogP contribution is -2.38. The minimum atomic E-state index is -0.308. The van der Waals surface area contributed by atoms with Gasteiger partial charge in [-0.2, -0.15) is 5.10 Å². The first-order chi connectivity index (χ1) is 11.6. The zero-order valence-corrected chi connectivity index (χ0v) is 13.4. The van der Waals surface area contributed by atoms with Crippen molar-refractivity contribution in [3.63, 3.8) is 0 Å². The SMILES string of the molecule is C[C@H](NC(=O)c1ccc(Oc2ccccc2)o1)[C@@H](C)n1cncn1. The molecule has 3 aromatic rings. The van der Waals surface area contributed by atoms with Crippen LogP contribution in [0.4, 0.5) is 0 Å². The van der Waals surface area contributed by atoms with E-state index in [9.17, 15) is 4.79 Å². The molecule has 7 nitrogen and oxygen atoms in total. The molecule has 24 heavy (non-hydrogen) atoms. The first-order valence-corrected chi connectivity index (χ1v) is 7.61. The Labute approximate surface area is 139 Å². The van der Waals surface area contributed by atoms with Gasteiger partial charge < -0.3 is 14.5 Å². The molecule has 124 valence electrons. The lowest BCUT2D eigenvalue weighted by molar-refractivity contribution is 0.0895. The minimum Gasteiger partial charge on any atom is -0.426 e. The molecule has 0 unspecified atom stereocenters. The van der Waals surface area contributed by atoms with E-state index in [4.69, 9.17) is 9.15 Å². The average Bonchev–Trinajstić information content (AvgIpc) is 3.27. The standard InChI is InChI=1S/C17H18N4O3/c1-12(13(2)21-11-18-10-19-21)20-17(22)15-8-9-16(24-15)23-14-6-4-3-5-7-14/h3-13H,1-2H3,(H,20,22)/t12-,13+/m0/s1. The fraction of sp³-hybridized carbons (Fsp3) is 0.235. The van der Waals surface area contributed by atoms with Gasteiger partial charge in [0.15, 0.2) is 5.76 Å². The molecule has 0 spiro atoms. The van der Waals surface area contributed by atoms with Gasteiger partial charge in [-0.1, -0.05) is 18.2 Å². The summed E-state index contributed by atoms with van der Waals surface area (Å²) in [4.78, 5) is 16.2. The maximum Gasteiger partial charge on any atom is 0.290 e. The van der Waals surface area contributed by atoms with Crippen LogP contribution in [0.25, 0.3) is 0 Å². The number of rotatable bonds is 6. The van der Waals surface area contributed by atoms with Crippen molar-refractivity contribution >= 4 is 5.91 Å². The third-order valence-electron chi connectivity index (χ3n) is 3.70. The van der Waals surface area contributed by atoms with Gasteiger partial charge in [0, 0.05) is 12.1 Å². The number of nitrogens with zero attached hydrogens (tertiary/aromatic N) is 3. The number of carbonyl (C=O) groups excluding carboxylic acids is 1. The van der Waals surface area contributed by atoms with Crippen molar-refractivity contribution in [3.05, 3.63) is 60.9 Å². The summed E-state index contributed by atoms with van der Waals surface area (Å²) >= 11 is 0. The smallest absolute Gasteiger partial charge is 0.290 e. The van der Waals surface area contributed by atoms with Crippen LogP contribution in [-0.4, -0.2) is 26.7 Å². The molecule has 0 saturated heterocycles. The molecule has 0 aliphatic carbocycles. The van der Waals surface area contributed by atoms with Crippen LogP contribution >= 0.6 is 0 Å². The average molecular weight is 326 g/mol. The molecule has 7 heteroatoms. The second-order valence-electron chi connectivity index (χ2n) is 5.41. The molecule has 0 saturated carbocycles. The molecule has 2 atom stereocenters. The largest absolute Gasteiger partial charge is 0.426 e. The molecule has 2 aromatic heterocycles. The summed E-state index contributed by atoms with van der Waals surface area (Å²) in [7, 11) is 0. The van der Waals surface area contributed by atoms with E-state index in [2.05, 4.69) is 15.4 Å². The van der Waals surface area contributed by atoms with E-state index in [0.29, 0.717) is 5.75 Å². The van der Waals surface area contributed by atoms with E-state index in [1.54, 1.807) is 23.1 Å². The predicted molar refractivity (Wildman–Crippen MR) is 86.9 cm³/mol. The zero-order valence-electron chi connectivity index (χ0n) is 13.4. The second-order valence-corrected chi connectivity index (χ2v) is 5.41. The van der Waals surface area contributed by atoms with Crippen LogP contribution < -0.4 is 10.1 Å². The van der Waals surface area contributed by atoms with Gasteiger partial charge >= 0.3 is 0 Å². The quantitative estimate of drug-likeness (QED) is 0.753. The fourth-order valence-corrected chi connectivity index (χ4v) is 2.16. The highest BCUT2D eigenvalue weighted by Crippen LogP contribution is 2.23. The Balaban J connectivity index is 1.61. The van der Waals surface area contributed by atoms with Crippen LogP contribution in [0.5, 0.6) is 11.7 Å². The predicted octanol–water partition coefficient (Wildman–Crippen LogP) is 3.04. The van der Waals surface area contributed by atoms with Crippen molar-refractivity contribution in [2.45, 2.75) is 25.9 Å². The van der Waals surface area contributed by atoms with Crippen molar-refractivity contribution in [2.75, 3.05) is 0 Å². The van der Waals surface area contributed by atoms with Gasteiger partial charge in [-0.15, -0.1) is 0 Å². The molecule has 1 aromatic carbocycles. The first-order valence-electron chi connectivity index (χ1n) is 7.61.